The number of hydrogen-bond acceptors (Lipinski definition) is 3. The van der Waals surface area contributed by atoms with Crippen molar-refractivity contribution in [2.75, 3.05) is 13.1 Å². The van der Waals surface area contributed by atoms with Gasteiger partial charge in [0, 0.05) is 25.2 Å². The normalized spacial score (nSPS) is 14.8. The fraction of sp³-hybridized carbons (Fsp3) is 0.381. The molecular weight excluding hydrogens is 360 g/mol. The van der Waals surface area contributed by atoms with Gasteiger partial charge in [0.25, 0.3) is 5.91 Å². The third-order valence-corrected chi connectivity index (χ3v) is 6.72. The largest absolute Gasteiger partial charge is 0.352 e. The molecule has 1 amide bonds. The minimum atomic E-state index is -3.57. The number of hydrogen-bond donors (Lipinski definition) is 1. The summed E-state index contributed by atoms with van der Waals surface area (Å²) in [5, 5.41) is 2.86. The van der Waals surface area contributed by atoms with Gasteiger partial charge in [-0.15, -0.1) is 0 Å². The molecule has 6 heteroatoms. The molecule has 5 nitrogen and oxygen atoms in total. The molecule has 0 aliphatic carbocycles. The number of carbonyl (C=O) groups excluding carboxylic acids is 1. The summed E-state index contributed by atoms with van der Waals surface area (Å²) in [7, 11) is -3.57. The zero-order valence-electron chi connectivity index (χ0n) is 15.8. The third-order valence-electron chi connectivity index (χ3n) is 4.86. The highest BCUT2D eigenvalue weighted by molar-refractivity contribution is 7.89. The molecule has 0 saturated heterocycles. The van der Waals surface area contributed by atoms with Crippen LogP contribution in [-0.2, 0) is 23.0 Å². The highest BCUT2D eigenvalue weighted by Gasteiger charge is 2.28. The van der Waals surface area contributed by atoms with Gasteiger partial charge in [0.05, 0.1) is 4.90 Å². The maximum Gasteiger partial charge on any atom is 0.251 e. The molecule has 1 aliphatic heterocycles. The van der Waals surface area contributed by atoms with Crippen molar-refractivity contribution in [1.29, 1.82) is 0 Å². The SMILES string of the molecule is CC(C)CCNC(=O)c1ccc(S(=O)(=O)N2CCc3ccccc3C2)cc1. The Balaban J connectivity index is 1.70. The van der Waals surface area contributed by atoms with Gasteiger partial charge in [-0.05, 0) is 54.2 Å². The summed E-state index contributed by atoms with van der Waals surface area (Å²) in [6, 6.07) is 14.1. The molecule has 144 valence electrons. The van der Waals surface area contributed by atoms with E-state index in [2.05, 4.69) is 19.2 Å². The summed E-state index contributed by atoms with van der Waals surface area (Å²) in [4.78, 5) is 12.4. The molecule has 1 aliphatic rings. The van der Waals surface area contributed by atoms with Crippen LogP contribution < -0.4 is 5.32 Å². The van der Waals surface area contributed by atoms with Crippen molar-refractivity contribution in [2.24, 2.45) is 5.92 Å². The molecule has 0 fully saturated rings. The lowest BCUT2D eigenvalue weighted by Crippen LogP contribution is -2.36. The van der Waals surface area contributed by atoms with Crippen LogP contribution in [-0.4, -0.2) is 31.7 Å². The number of sulfonamides is 1. The molecular formula is C21H26N2O3S. The van der Waals surface area contributed by atoms with Crippen LogP contribution in [0.3, 0.4) is 0 Å². The van der Waals surface area contributed by atoms with Crippen LogP contribution in [0.25, 0.3) is 0 Å². The monoisotopic (exact) mass is 386 g/mol. The molecule has 1 heterocycles. The average Bonchev–Trinajstić information content (AvgIpc) is 2.67. The first-order chi connectivity index (χ1) is 12.9. The number of fused-ring (bicyclic) bond motifs is 1. The van der Waals surface area contributed by atoms with E-state index in [1.54, 1.807) is 12.1 Å². The van der Waals surface area contributed by atoms with E-state index in [0.717, 1.165) is 12.0 Å². The molecule has 0 atom stereocenters. The molecule has 0 aromatic heterocycles. The Kier molecular flexibility index (Phi) is 5.97. The van der Waals surface area contributed by atoms with E-state index in [-0.39, 0.29) is 10.8 Å². The van der Waals surface area contributed by atoms with Gasteiger partial charge in [-0.1, -0.05) is 38.1 Å². The van der Waals surface area contributed by atoms with Crippen LogP contribution in [0.5, 0.6) is 0 Å². The molecule has 2 aromatic carbocycles. The first-order valence-electron chi connectivity index (χ1n) is 9.33. The molecule has 0 radical (unpaired) electrons. The predicted octanol–water partition coefficient (Wildman–Crippen LogP) is 3.21. The van der Waals surface area contributed by atoms with Crippen molar-refractivity contribution < 1.29 is 13.2 Å². The van der Waals surface area contributed by atoms with Gasteiger partial charge < -0.3 is 5.32 Å². The fourth-order valence-corrected chi connectivity index (χ4v) is 4.60. The van der Waals surface area contributed by atoms with Gasteiger partial charge in [0.2, 0.25) is 10.0 Å². The lowest BCUT2D eigenvalue weighted by molar-refractivity contribution is 0.0952. The number of amides is 1. The third kappa shape index (κ3) is 4.57. The lowest BCUT2D eigenvalue weighted by atomic mass is 10.0. The Morgan fingerprint density at radius 2 is 1.74 bits per heavy atom. The highest BCUT2D eigenvalue weighted by Crippen LogP contribution is 2.25. The van der Waals surface area contributed by atoms with Gasteiger partial charge in [-0.25, -0.2) is 8.42 Å². The van der Waals surface area contributed by atoms with E-state index >= 15 is 0 Å². The molecule has 1 N–H and O–H groups in total. The van der Waals surface area contributed by atoms with E-state index in [1.165, 1.54) is 22.0 Å². The number of benzene rings is 2. The van der Waals surface area contributed by atoms with Crippen molar-refractivity contribution in [3.8, 4) is 0 Å². The molecule has 0 saturated carbocycles. The van der Waals surface area contributed by atoms with E-state index in [9.17, 15) is 13.2 Å². The zero-order chi connectivity index (χ0) is 19.4. The molecule has 0 spiro atoms. The van der Waals surface area contributed by atoms with Crippen LogP contribution in [0.15, 0.2) is 53.4 Å². The van der Waals surface area contributed by atoms with E-state index in [1.807, 2.05) is 24.3 Å². The second-order valence-electron chi connectivity index (χ2n) is 7.32. The van der Waals surface area contributed by atoms with Crippen LogP contribution in [0.2, 0.25) is 0 Å². The summed E-state index contributed by atoms with van der Waals surface area (Å²) in [5.41, 5.74) is 2.73. The minimum absolute atomic E-state index is 0.175. The molecule has 3 rings (SSSR count). The summed E-state index contributed by atoms with van der Waals surface area (Å²) in [6.07, 6.45) is 1.63. The standard InChI is InChI=1S/C21H26N2O3S/c1-16(2)11-13-22-21(24)18-7-9-20(10-8-18)27(25,26)23-14-12-17-5-3-4-6-19(17)15-23/h3-10,16H,11-15H2,1-2H3,(H,22,24). The first-order valence-corrected chi connectivity index (χ1v) is 10.8. The lowest BCUT2D eigenvalue weighted by Gasteiger charge is -2.28. The van der Waals surface area contributed by atoms with Crippen molar-refractivity contribution in [1.82, 2.24) is 9.62 Å². The second-order valence-corrected chi connectivity index (χ2v) is 9.26. The van der Waals surface area contributed by atoms with Crippen LogP contribution >= 0.6 is 0 Å². The topological polar surface area (TPSA) is 66.5 Å². The average molecular weight is 387 g/mol. The maximum absolute atomic E-state index is 13.0. The maximum atomic E-state index is 13.0. The second kappa shape index (κ2) is 8.23. The highest BCUT2D eigenvalue weighted by atomic mass is 32.2. The number of nitrogens with one attached hydrogen (secondary N) is 1. The van der Waals surface area contributed by atoms with Crippen molar-refractivity contribution in [3.05, 3.63) is 65.2 Å². The Morgan fingerprint density at radius 3 is 2.41 bits per heavy atom. The molecule has 0 unspecified atom stereocenters. The van der Waals surface area contributed by atoms with E-state index in [0.29, 0.717) is 37.5 Å². The molecule has 2 aromatic rings. The van der Waals surface area contributed by atoms with Crippen molar-refractivity contribution in [3.63, 3.8) is 0 Å². The Labute approximate surface area is 161 Å². The molecule has 27 heavy (non-hydrogen) atoms. The predicted molar refractivity (Wildman–Crippen MR) is 106 cm³/mol. The molecule has 0 bridgehead atoms. The van der Waals surface area contributed by atoms with Crippen molar-refractivity contribution in [2.45, 2.75) is 38.1 Å². The zero-order valence-corrected chi connectivity index (χ0v) is 16.6. The van der Waals surface area contributed by atoms with Gasteiger partial charge in [-0.2, -0.15) is 4.31 Å². The van der Waals surface area contributed by atoms with Crippen LogP contribution in [0.1, 0.15) is 41.8 Å². The fourth-order valence-electron chi connectivity index (χ4n) is 3.18. The van der Waals surface area contributed by atoms with Gasteiger partial charge in [-0.3, -0.25) is 4.79 Å². The van der Waals surface area contributed by atoms with Gasteiger partial charge >= 0.3 is 0 Å². The summed E-state index contributed by atoms with van der Waals surface area (Å²) >= 11 is 0. The number of nitrogens with zero attached hydrogens (tertiary/aromatic N) is 1. The Bertz CT molecular complexity index is 905. The number of rotatable bonds is 6. The summed E-state index contributed by atoms with van der Waals surface area (Å²) in [6.45, 7) is 5.67. The van der Waals surface area contributed by atoms with Crippen molar-refractivity contribution >= 4 is 15.9 Å². The summed E-state index contributed by atoms with van der Waals surface area (Å²) in [5.74, 6) is 0.346. The van der Waals surface area contributed by atoms with Crippen LogP contribution in [0, 0.1) is 5.92 Å². The first kappa shape index (κ1) is 19.6. The summed E-state index contributed by atoms with van der Waals surface area (Å²) < 4.78 is 27.4. The Hall–Kier alpha value is -2.18. The van der Waals surface area contributed by atoms with Gasteiger partial charge in [0.1, 0.15) is 0 Å². The van der Waals surface area contributed by atoms with E-state index in [4.69, 9.17) is 0 Å². The van der Waals surface area contributed by atoms with E-state index < -0.39 is 10.0 Å². The smallest absolute Gasteiger partial charge is 0.251 e. The Morgan fingerprint density at radius 1 is 1.07 bits per heavy atom. The van der Waals surface area contributed by atoms with Crippen LogP contribution in [0.4, 0.5) is 0 Å². The van der Waals surface area contributed by atoms with Gasteiger partial charge in [0.15, 0.2) is 0 Å². The quantitative estimate of drug-likeness (QED) is 0.829. The number of carbonyl (C=O) groups is 1. The minimum Gasteiger partial charge on any atom is -0.352 e.